The van der Waals surface area contributed by atoms with Crippen molar-refractivity contribution < 1.29 is 9.53 Å². The third kappa shape index (κ3) is 2.17. The number of carbonyl (C=O) groups is 1. The van der Waals surface area contributed by atoms with Crippen LogP contribution in [0.5, 0.6) is 0 Å². The van der Waals surface area contributed by atoms with E-state index in [2.05, 4.69) is 20.9 Å². The molecule has 1 spiro atoms. The summed E-state index contributed by atoms with van der Waals surface area (Å²) >= 11 is 3.32. The summed E-state index contributed by atoms with van der Waals surface area (Å²) in [4.78, 5) is 29.0. The summed E-state index contributed by atoms with van der Waals surface area (Å²) in [6.45, 7) is 0. The summed E-state index contributed by atoms with van der Waals surface area (Å²) in [6.07, 6.45) is 8.29. The number of aromatic nitrogens is 2. The lowest BCUT2D eigenvalue weighted by atomic mass is 10.0. The van der Waals surface area contributed by atoms with E-state index in [-0.39, 0.29) is 22.6 Å². The highest BCUT2D eigenvalue weighted by molar-refractivity contribution is 9.10. The van der Waals surface area contributed by atoms with Gasteiger partial charge in [-0.3, -0.25) is 9.20 Å². The largest absolute Gasteiger partial charge is 0.458 e. The molecule has 0 N–H and O–H groups in total. The number of halogens is 1. The van der Waals surface area contributed by atoms with Crippen molar-refractivity contribution in [1.29, 1.82) is 0 Å². The molecule has 0 radical (unpaired) electrons. The van der Waals surface area contributed by atoms with Crippen molar-refractivity contribution >= 4 is 27.5 Å². The highest BCUT2D eigenvalue weighted by Crippen LogP contribution is 2.59. The fraction of sp³-hybridized carbons (Fsp3) is 0.438. The molecular weight excluding hydrogens is 348 g/mol. The van der Waals surface area contributed by atoms with Crippen LogP contribution in [0.3, 0.4) is 0 Å². The quantitative estimate of drug-likeness (QED) is 0.770. The predicted molar refractivity (Wildman–Crippen MR) is 83.9 cm³/mol. The van der Waals surface area contributed by atoms with Gasteiger partial charge in [-0.2, -0.15) is 0 Å². The monoisotopic (exact) mass is 362 g/mol. The van der Waals surface area contributed by atoms with Crippen LogP contribution in [-0.2, 0) is 4.74 Å². The number of pyridine rings is 1. The molecule has 2 heterocycles. The van der Waals surface area contributed by atoms with E-state index in [1.165, 1.54) is 10.6 Å². The third-order valence-corrected chi connectivity index (χ3v) is 5.32. The molecule has 0 saturated heterocycles. The van der Waals surface area contributed by atoms with Crippen LogP contribution >= 0.6 is 15.9 Å². The van der Waals surface area contributed by atoms with E-state index < -0.39 is 5.97 Å². The maximum absolute atomic E-state index is 12.5. The second-order valence-corrected chi connectivity index (χ2v) is 7.12. The summed E-state index contributed by atoms with van der Waals surface area (Å²) in [6, 6.07) is 3.52. The second kappa shape index (κ2) is 4.91. The van der Waals surface area contributed by atoms with Crippen LogP contribution < -0.4 is 5.56 Å². The first-order valence-electron chi connectivity index (χ1n) is 7.47. The Labute approximate surface area is 135 Å². The molecule has 5 nitrogen and oxygen atoms in total. The molecule has 2 aromatic heterocycles. The molecule has 0 aromatic carbocycles. The molecule has 4 rings (SSSR count). The average Bonchev–Trinajstić information content (AvgIpc) is 3.17. The lowest BCUT2D eigenvalue weighted by Crippen LogP contribution is -2.29. The number of ether oxygens (including phenoxy) is 1. The molecule has 0 unspecified atom stereocenters. The van der Waals surface area contributed by atoms with Gasteiger partial charge in [0, 0.05) is 22.3 Å². The van der Waals surface area contributed by atoms with Gasteiger partial charge in [-0.15, -0.1) is 0 Å². The first kappa shape index (κ1) is 13.9. The number of hydrogen-bond acceptors (Lipinski definition) is 4. The number of hydrogen-bond donors (Lipinski definition) is 0. The lowest BCUT2D eigenvalue weighted by molar-refractivity contribution is 0.0165. The van der Waals surface area contributed by atoms with Gasteiger partial charge in [0.25, 0.3) is 5.56 Å². The minimum absolute atomic E-state index is 0.00157. The van der Waals surface area contributed by atoms with Crippen molar-refractivity contribution in [2.75, 3.05) is 0 Å². The molecule has 0 bridgehead atoms. The summed E-state index contributed by atoms with van der Waals surface area (Å²) in [5.41, 5.74) is 0.320. The van der Waals surface area contributed by atoms with Crippen molar-refractivity contribution in [3.8, 4) is 0 Å². The van der Waals surface area contributed by atoms with Crippen LogP contribution in [0.25, 0.3) is 5.65 Å². The standard InChI is InChI=1S/C16H15BrN2O3/c17-10-3-4-13-18-8-11(14(20)19(13)9-10)15(21)22-12-2-1-5-16(12)6-7-16/h3-4,8-9,12H,1-2,5-7H2/t12-/m0/s1. The number of rotatable bonds is 2. The Morgan fingerprint density at radius 1 is 1.36 bits per heavy atom. The van der Waals surface area contributed by atoms with Crippen LogP contribution in [0.2, 0.25) is 0 Å². The molecular formula is C16H15BrN2O3. The molecule has 6 heteroatoms. The Kier molecular flexibility index (Phi) is 3.11. The third-order valence-electron chi connectivity index (χ3n) is 4.85. The first-order chi connectivity index (χ1) is 10.6. The maximum atomic E-state index is 12.5. The molecule has 2 aliphatic carbocycles. The van der Waals surface area contributed by atoms with Gasteiger partial charge in [-0.25, -0.2) is 9.78 Å². The zero-order chi connectivity index (χ0) is 15.3. The summed E-state index contributed by atoms with van der Waals surface area (Å²) in [5.74, 6) is -0.551. The van der Waals surface area contributed by atoms with Crippen molar-refractivity contribution in [1.82, 2.24) is 9.38 Å². The topological polar surface area (TPSA) is 60.7 Å². The average molecular weight is 363 g/mol. The fourth-order valence-electron chi connectivity index (χ4n) is 3.41. The van der Waals surface area contributed by atoms with Gasteiger partial charge in [0.15, 0.2) is 0 Å². The minimum Gasteiger partial charge on any atom is -0.458 e. The van der Waals surface area contributed by atoms with Crippen molar-refractivity contribution in [3.05, 3.63) is 44.9 Å². The van der Waals surface area contributed by atoms with E-state index in [9.17, 15) is 9.59 Å². The van der Waals surface area contributed by atoms with E-state index >= 15 is 0 Å². The summed E-state index contributed by atoms with van der Waals surface area (Å²) in [5, 5.41) is 0. The van der Waals surface area contributed by atoms with Gasteiger partial charge < -0.3 is 4.74 Å². The number of fused-ring (bicyclic) bond motifs is 1. The normalized spacial score (nSPS) is 22.1. The van der Waals surface area contributed by atoms with Crippen LogP contribution in [0.1, 0.15) is 42.5 Å². The SMILES string of the molecule is O=C(O[C@H]1CCCC12CC2)c1cnc2ccc(Br)cn2c1=O. The molecule has 0 amide bonds. The molecule has 2 fully saturated rings. The smallest absolute Gasteiger partial charge is 0.345 e. The molecule has 0 aliphatic heterocycles. The van der Waals surface area contributed by atoms with Crippen molar-refractivity contribution in [2.24, 2.45) is 5.41 Å². The fourth-order valence-corrected chi connectivity index (χ4v) is 3.74. The lowest BCUT2D eigenvalue weighted by Gasteiger charge is -2.18. The second-order valence-electron chi connectivity index (χ2n) is 6.20. The van der Waals surface area contributed by atoms with Gasteiger partial charge in [-0.05, 0) is 60.2 Å². The van der Waals surface area contributed by atoms with Crippen LogP contribution in [0, 0.1) is 5.41 Å². The predicted octanol–water partition coefficient (Wildman–Crippen LogP) is 2.95. The van der Waals surface area contributed by atoms with Gasteiger partial charge in [0.05, 0.1) is 0 Å². The van der Waals surface area contributed by atoms with Crippen LogP contribution in [-0.4, -0.2) is 21.5 Å². The molecule has 2 aliphatic rings. The Balaban J connectivity index is 1.67. The van der Waals surface area contributed by atoms with Crippen molar-refractivity contribution in [2.45, 2.75) is 38.2 Å². The molecule has 2 aromatic rings. The van der Waals surface area contributed by atoms with Gasteiger partial charge in [0.1, 0.15) is 17.3 Å². The zero-order valence-corrected chi connectivity index (χ0v) is 13.5. The highest BCUT2D eigenvalue weighted by atomic mass is 79.9. The molecule has 114 valence electrons. The Morgan fingerprint density at radius 3 is 2.95 bits per heavy atom. The van der Waals surface area contributed by atoms with E-state index in [0.717, 1.165) is 36.6 Å². The molecule has 22 heavy (non-hydrogen) atoms. The summed E-state index contributed by atoms with van der Waals surface area (Å²) in [7, 11) is 0. The Morgan fingerprint density at radius 2 is 2.18 bits per heavy atom. The van der Waals surface area contributed by atoms with E-state index in [4.69, 9.17) is 4.74 Å². The molecule has 1 atom stereocenters. The zero-order valence-electron chi connectivity index (χ0n) is 11.9. The van der Waals surface area contributed by atoms with E-state index in [0.29, 0.717) is 5.65 Å². The number of esters is 1. The summed E-state index contributed by atoms with van der Waals surface area (Å²) < 4.78 is 7.75. The molecule has 2 saturated carbocycles. The van der Waals surface area contributed by atoms with E-state index in [1.54, 1.807) is 18.3 Å². The number of nitrogens with zero attached hydrogens (tertiary/aromatic N) is 2. The minimum atomic E-state index is -0.551. The maximum Gasteiger partial charge on any atom is 0.345 e. The van der Waals surface area contributed by atoms with Crippen LogP contribution in [0.4, 0.5) is 0 Å². The highest BCUT2D eigenvalue weighted by Gasteiger charge is 2.54. The van der Waals surface area contributed by atoms with Crippen molar-refractivity contribution in [3.63, 3.8) is 0 Å². The van der Waals surface area contributed by atoms with Gasteiger partial charge in [0.2, 0.25) is 0 Å². The Bertz CT molecular complexity index is 826. The number of carbonyl (C=O) groups excluding carboxylic acids is 1. The Hall–Kier alpha value is -1.69. The van der Waals surface area contributed by atoms with Crippen LogP contribution in [0.15, 0.2) is 33.8 Å². The first-order valence-corrected chi connectivity index (χ1v) is 8.26. The van der Waals surface area contributed by atoms with Gasteiger partial charge in [-0.1, -0.05) is 0 Å². The van der Waals surface area contributed by atoms with Gasteiger partial charge >= 0.3 is 5.97 Å². The van der Waals surface area contributed by atoms with E-state index in [1.807, 2.05) is 0 Å².